The zero-order valence-electron chi connectivity index (χ0n) is 9.72. The van der Waals surface area contributed by atoms with E-state index in [9.17, 15) is 9.18 Å². The first-order valence-electron chi connectivity index (χ1n) is 5.41. The Labute approximate surface area is 103 Å². The minimum atomic E-state index is -0.531. The molecular weight excluding hydrogens is 239 g/mol. The van der Waals surface area contributed by atoms with Gasteiger partial charge in [0.1, 0.15) is 17.9 Å². The Morgan fingerprint density at radius 2 is 2.28 bits per heavy atom. The lowest BCUT2D eigenvalue weighted by molar-refractivity contribution is 0.112. The third-order valence-electron chi connectivity index (χ3n) is 2.21. The van der Waals surface area contributed by atoms with E-state index >= 15 is 0 Å². The van der Waals surface area contributed by atoms with E-state index < -0.39 is 5.82 Å². The van der Waals surface area contributed by atoms with Crippen LogP contribution < -0.4 is 4.74 Å². The average Bonchev–Trinajstić information content (AvgIpc) is 2.83. The molecule has 0 saturated carbocycles. The molecule has 94 valence electrons. The maximum atomic E-state index is 13.1. The minimum Gasteiger partial charge on any atom is -0.485 e. The van der Waals surface area contributed by atoms with E-state index in [4.69, 9.17) is 9.26 Å². The summed E-state index contributed by atoms with van der Waals surface area (Å²) >= 11 is 0. The normalized spacial score (nSPS) is 10.3. The van der Waals surface area contributed by atoms with Gasteiger partial charge in [-0.05, 0) is 12.1 Å². The van der Waals surface area contributed by atoms with Gasteiger partial charge in [-0.2, -0.15) is 4.98 Å². The van der Waals surface area contributed by atoms with Crippen LogP contribution in [0.5, 0.6) is 5.75 Å². The molecular formula is C12H11FN2O3. The van der Waals surface area contributed by atoms with Crippen molar-refractivity contribution in [2.45, 2.75) is 20.0 Å². The van der Waals surface area contributed by atoms with Gasteiger partial charge in [0.15, 0.2) is 6.61 Å². The van der Waals surface area contributed by atoms with Gasteiger partial charge in [-0.25, -0.2) is 4.39 Å². The highest BCUT2D eigenvalue weighted by Crippen LogP contribution is 2.16. The second-order valence-corrected chi connectivity index (χ2v) is 3.58. The molecule has 0 fully saturated rings. The number of carbonyl (C=O) groups is 1. The van der Waals surface area contributed by atoms with E-state index in [1.54, 1.807) is 0 Å². The van der Waals surface area contributed by atoms with Crippen LogP contribution in [0.3, 0.4) is 0 Å². The highest BCUT2D eigenvalue weighted by atomic mass is 19.1. The van der Waals surface area contributed by atoms with Gasteiger partial charge in [-0.3, -0.25) is 4.79 Å². The van der Waals surface area contributed by atoms with Crippen LogP contribution in [0.2, 0.25) is 0 Å². The Hall–Kier alpha value is -2.24. The number of nitrogens with zero attached hydrogens (tertiary/aromatic N) is 2. The van der Waals surface area contributed by atoms with Gasteiger partial charge in [0, 0.05) is 18.1 Å². The Balaban J connectivity index is 2.05. The molecule has 5 nitrogen and oxygen atoms in total. The number of carbonyl (C=O) groups excluding carboxylic acids is 1. The number of hydrogen-bond donors (Lipinski definition) is 0. The summed E-state index contributed by atoms with van der Waals surface area (Å²) in [6, 6.07) is 3.76. The lowest BCUT2D eigenvalue weighted by Gasteiger charge is -2.03. The summed E-state index contributed by atoms with van der Waals surface area (Å²) in [5.41, 5.74) is 0.215. The van der Waals surface area contributed by atoms with Crippen molar-refractivity contribution in [3.63, 3.8) is 0 Å². The molecule has 0 aliphatic carbocycles. The van der Waals surface area contributed by atoms with Crippen LogP contribution >= 0.6 is 0 Å². The third-order valence-corrected chi connectivity index (χ3v) is 2.21. The number of ether oxygens (including phenoxy) is 1. The molecule has 0 saturated heterocycles. The van der Waals surface area contributed by atoms with Gasteiger partial charge in [-0.1, -0.05) is 12.1 Å². The number of benzene rings is 1. The molecule has 18 heavy (non-hydrogen) atoms. The second-order valence-electron chi connectivity index (χ2n) is 3.58. The first kappa shape index (κ1) is 12.2. The minimum absolute atomic E-state index is 0.0608. The Morgan fingerprint density at radius 3 is 2.94 bits per heavy atom. The maximum Gasteiger partial charge on any atom is 0.226 e. The van der Waals surface area contributed by atoms with Gasteiger partial charge in [0.25, 0.3) is 0 Å². The van der Waals surface area contributed by atoms with E-state index in [0.717, 1.165) is 6.07 Å². The van der Waals surface area contributed by atoms with Crippen molar-refractivity contribution in [3.8, 4) is 5.75 Å². The number of rotatable bonds is 5. The van der Waals surface area contributed by atoms with Crippen LogP contribution in [-0.4, -0.2) is 16.4 Å². The van der Waals surface area contributed by atoms with Crippen LogP contribution in [0, 0.1) is 5.82 Å². The highest BCUT2D eigenvalue weighted by molar-refractivity contribution is 5.75. The van der Waals surface area contributed by atoms with Gasteiger partial charge in [0.05, 0.1) is 0 Å². The first-order valence-corrected chi connectivity index (χ1v) is 5.41. The molecule has 2 aromatic rings. The van der Waals surface area contributed by atoms with Gasteiger partial charge in [0.2, 0.25) is 11.7 Å². The largest absolute Gasteiger partial charge is 0.485 e. The fourth-order valence-corrected chi connectivity index (χ4v) is 1.38. The predicted molar refractivity (Wildman–Crippen MR) is 59.8 cm³/mol. The van der Waals surface area contributed by atoms with Crippen molar-refractivity contribution in [3.05, 3.63) is 41.3 Å². The van der Waals surface area contributed by atoms with Crippen LogP contribution in [-0.2, 0) is 13.0 Å². The SMILES string of the molecule is CCc1nc(COc2cc(F)cc(C=O)c2)no1. The van der Waals surface area contributed by atoms with E-state index in [1.807, 2.05) is 6.92 Å². The fourth-order valence-electron chi connectivity index (χ4n) is 1.38. The molecule has 2 rings (SSSR count). The molecule has 1 aromatic heterocycles. The Bertz CT molecular complexity index is 554. The van der Waals surface area contributed by atoms with Crippen LogP contribution in [0.4, 0.5) is 4.39 Å². The molecule has 0 unspecified atom stereocenters. The summed E-state index contributed by atoms with van der Waals surface area (Å²) in [7, 11) is 0. The molecule has 0 bridgehead atoms. The van der Waals surface area contributed by atoms with E-state index in [-0.39, 0.29) is 17.9 Å². The molecule has 0 amide bonds. The van der Waals surface area contributed by atoms with E-state index in [2.05, 4.69) is 10.1 Å². The Kier molecular flexibility index (Phi) is 3.66. The zero-order valence-corrected chi connectivity index (χ0v) is 9.72. The molecule has 1 heterocycles. The molecule has 0 spiro atoms. The van der Waals surface area contributed by atoms with Crippen molar-refractivity contribution in [1.82, 2.24) is 10.1 Å². The number of aryl methyl sites for hydroxylation is 1. The molecule has 0 aliphatic rings. The van der Waals surface area contributed by atoms with Crippen molar-refractivity contribution >= 4 is 6.29 Å². The van der Waals surface area contributed by atoms with Crippen LogP contribution in [0.1, 0.15) is 29.0 Å². The lowest BCUT2D eigenvalue weighted by Crippen LogP contribution is -1.99. The standard InChI is InChI=1S/C12H11FN2O3/c1-2-12-14-11(15-18-12)7-17-10-4-8(6-16)3-9(13)5-10/h3-6H,2,7H2,1H3. The van der Waals surface area contributed by atoms with Crippen LogP contribution in [0.15, 0.2) is 22.7 Å². The van der Waals surface area contributed by atoms with Gasteiger partial charge in [-0.15, -0.1) is 0 Å². The maximum absolute atomic E-state index is 13.1. The molecule has 0 N–H and O–H groups in total. The molecule has 0 aliphatic heterocycles. The first-order chi connectivity index (χ1) is 8.71. The summed E-state index contributed by atoms with van der Waals surface area (Å²) in [4.78, 5) is 14.6. The number of halogens is 1. The lowest BCUT2D eigenvalue weighted by atomic mass is 10.2. The van der Waals surface area contributed by atoms with E-state index in [0.29, 0.717) is 24.4 Å². The molecule has 6 heteroatoms. The van der Waals surface area contributed by atoms with Crippen LogP contribution in [0.25, 0.3) is 0 Å². The number of aromatic nitrogens is 2. The smallest absolute Gasteiger partial charge is 0.226 e. The third kappa shape index (κ3) is 2.91. The van der Waals surface area contributed by atoms with Crippen molar-refractivity contribution < 1.29 is 18.4 Å². The van der Waals surface area contributed by atoms with Crippen molar-refractivity contribution in [1.29, 1.82) is 0 Å². The summed E-state index contributed by atoms with van der Waals surface area (Å²) in [6.07, 6.45) is 1.20. The summed E-state index contributed by atoms with van der Waals surface area (Å²) < 4.78 is 23.3. The number of hydrogen-bond acceptors (Lipinski definition) is 5. The average molecular weight is 250 g/mol. The predicted octanol–water partition coefficient (Wildman–Crippen LogP) is 2.16. The molecule has 0 atom stereocenters. The molecule has 0 radical (unpaired) electrons. The fraction of sp³-hybridized carbons (Fsp3) is 0.250. The number of aldehydes is 1. The Morgan fingerprint density at radius 1 is 1.44 bits per heavy atom. The topological polar surface area (TPSA) is 65.2 Å². The van der Waals surface area contributed by atoms with Crippen molar-refractivity contribution in [2.75, 3.05) is 0 Å². The summed E-state index contributed by atoms with van der Waals surface area (Å²) in [5.74, 6) is 0.613. The second kappa shape index (κ2) is 5.39. The van der Waals surface area contributed by atoms with Gasteiger partial charge < -0.3 is 9.26 Å². The summed E-state index contributed by atoms with van der Waals surface area (Å²) in [5, 5.41) is 3.69. The van der Waals surface area contributed by atoms with Gasteiger partial charge >= 0.3 is 0 Å². The summed E-state index contributed by atoms with van der Waals surface area (Å²) in [6.45, 7) is 1.95. The van der Waals surface area contributed by atoms with E-state index in [1.165, 1.54) is 12.1 Å². The highest BCUT2D eigenvalue weighted by Gasteiger charge is 2.06. The monoisotopic (exact) mass is 250 g/mol. The zero-order chi connectivity index (χ0) is 13.0. The molecule has 1 aromatic carbocycles. The van der Waals surface area contributed by atoms with Crippen molar-refractivity contribution in [2.24, 2.45) is 0 Å². The quantitative estimate of drug-likeness (QED) is 0.761.